The lowest BCUT2D eigenvalue weighted by molar-refractivity contribution is -0.165. The molecular formula is C35H49N7O6. The van der Waals surface area contributed by atoms with Crippen LogP contribution in [0.25, 0.3) is 0 Å². The van der Waals surface area contributed by atoms with E-state index in [0.29, 0.717) is 32.4 Å². The number of ether oxygens (including phenoxy) is 1. The van der Waals surface area contributed by atoms with E-state index in [1.165, 1.54) is 6.08 Å². The predicted octanol–water partition coefficient (Wildman–Crippen LogP) is -0.0348. The maximum atomic E-state index is 13.7. The van der Waals surface area contributed by atoms with Crippen molar-refractivity contribution < 1.29 is 28.7 Å². The predicted molar refractivity (Wildman–Crippen MR) is 182 cm³/mol. The Kier molecular flexibility index (Phi) is 15.9. The number of piperidine rings is 1. The van der Waals surface area contributed by atoms with E-state index in [1.807, 2.05) is 60.7 Å². The molecule has 10 N–H and O–H groups in total. The number of rotatable bonds is 18. The number of hydrogen-bond acceptors (Lipinski definition) is 10. The minimum absolute atomic E-state index is 0.00171. The van der Waals surface area contributed by atoms with Crippen molar-refractivity contribution in [3.8, 4) is 0 Å². The minimum Gasteiger partial charge on any atom is -0.391 e. The molecule has 13 heteroatoms. The maximum absolute atomic E-state index is 13.7. The van der Waals surface area contributed by atoms with Gasteiger partial charge in [-0.15, -0.1) is 6.58 Å². The summed E-state index contributed by atoms with van der Waals surface area (Å²) < 4.78 is 5.19. The first kappa shape index (κ1) is 38.0. The summed E-state index contributed by atoms with van der Waals surface area (Å²) in [5, 5.41) is 11.2. The highest BCUT2D eigenvalue weighted by molar-refractivity contribution is 5.96. The lowest BCUT2D eigenvalue weighted by Gasteiger charge is -2.26. The quantitative estimate of drug-likeness (QED) is 0.0641. The Labute approximate surface area is 281 Å². The standard InChI is InChI=1S/C35H49N7O6/c1-2-9-28(32(44)42-30(22-26(37)14-17-36)35(47)48-34(46)25-15-18-39-19-16-25)40-33(45)29(21-24-12-7-4-8-13-24)41-31(43)27(38)20-23-10-5-3-6-11-23/h2-8,10-13,25-30,39H,1,9,14-22,36-38H2,(H,40,45)(H,41,43)(H,42,44)/t26?,27-,28-,29-,30-/m1/s1. The number of nitrogens with one attached hydrogen (secondary N) is 4. The summed E-state index contributed by atoms with van der Waals surface area (Å²) >= 11 is 0. The third kappa shape index (κ3) is 12.6. The van der Waals surface area contributed by atoms with E-state index in [9.17, 15) is 24.0 Å². The molecule has 0 radical (unpaired) electrons. The molecule has 5 atom stereocenters. The van der Waals surface area contributed by atoms with Gasteiger partial charge in [-0.2, -0.15) is 0 Å². The Bertz CT molecular complexity index is 1350. The first-order chi connectivity index (χ1) is 23.1. The van der Waals surface area contributed by atoms with Crippen LogP contribution in [0.15, 0.2) is 73.3 Å². The largest absolute Gasteiger partial charge is 0.391 e. The summed E-state index contributed by atoms with van der Waals surface area (Å²) in [7, 11) is 0. The second-order valence-electron chi connectivity index (χ2n) is 12.0. The second-order valence-corrected chi connectivity index (χ2v) is 12.0. The van der Waals surface area contributed by atoms with E-state index in [2.05, 4.69) is 27.8 Å². The Morgan fingerprint density at radius 2 is 1.35 bits per heavy atom. The lowest BCUT2D eigenvalue weighted by Crippen LogP contribution is -2.58. The highest BCUT2D eigenvalue weighted by Gasteiger charge is 2.33. The van der Waals surface area contributed by atoms with Crippen LogP contribution >= 0.6 is 0 Å². The number of amides is 3. The molecular weight excluding hydrogens is 614 g/mol. The van der Waals surface area contributed by atoms with E-state index >= 15 is 0 Å². The maximum Gasteiger partial charge on any atom is 0.336 e. The van der Waals surface area contributed by atoms with Crippen molar-refractivity contribution in [2.24, 2.45) is 23.1 Å². The van der Waals surface area contributed by atoms with Crippen LogP contribution < -0.4 is 38.5 Å². The number of benzene rings is 2. The number of carbonyl (C=O) groups excluding carboxylic acids is 5. The van der Waals surface area contributed by atoms with Gasteiger partial charge in [0.25, 0.3) is 0 Å². The van der Waals surface area contributed by atoms with Crippen LogP contribution in [0.2, 0.25) is 0 Å². The molecule has 0 saturated carbocycles. The molecule has 1 aliphatic rings. The number of nitrogens with two attached hydrogens (primary N) is 3. The van der Waals surface area contributed by atoms with Crippen LogP contribution in [0.5, 0.6) is 0 Å². The van der Waals surface area contributed by atoms with Gasteiger partial charge in [0.1, 0.15) is 18.1 Å². The van der Waals surface area contributed by atoms with E-state index in [1.54, 1.807) is 0 Å². The molecule has 1 saturated heterocycles. The van der Waals surface area contributed by atoms with Crippen molar-refractivity contribution in [3.05, 3.63) is 84.4 Å². The zero-order valence-electron chi connectivity index (χ0n) is 27.3. The Balaban J connectivity index is 1.74. The lowest BCUT2D eigenvalue weighted by atomic mass is 9.98. The number of carbonyl (C=O) groups is 5. The van der Waals surface area contributed by atoms with E-state index in [0.717, 1.165) is 11.1 Å². The number of esters is 2. The summed E-state index contributed by atoms with van der Waals surface area (Å²) in [6, 6.07) is 13.3. The zero-order chi connectivity index (χ0) is 34.9. The Morgan fingerprint density at radius 1 is 0.812 bits per heavy atom. The van der Waals surface area contributed by atoms with Gasteiger partial charge in [0.05, 0.1) is 12.0 Å². The molecule has 1 heterocycles. The van der Waals surface area contributed by atoms with E-state index in [-0.39, 0.29) is 32.2 Å². The third-order valence-corrected chi connectivity index (χ3v) is 8.14. The van der Waals surface area contributed by atoms with Crippen LogP contribution in [0, 0.1) is 5.92 Å². The summed E-state index contributed by atoms with van der Waals surface area (Å²) in [5.74, 6) is -3.92. The molecule has 48 heavy (non-hydrogen) atoms. The number of hydrogen-bond donors (Lipinski definition) is 7. The fraction of sp³-hybridized carbons (Fsp3) is 0.457. The molecule has 0 bridgehead atoms. The summed E-state index contributed by atoms with van der Waals surface area (Å²) in [6.07, 6.45) is 3.21. The molecule has 2 aromatic rings. The first-order valence-corrected chi connectivity index (χ1v) is 16.4. The Morgan fingerprint density at radius 3 is 1.94 bits per heavy atom. The van der Waals surface area contributed by atoms with Gasteiger partial charge in [-0.05, 0) is 69.3 Å². The zero-order valence-corrected chi connectivity index (χ0v) is 27.3. The van der Waals surface area contributed by atoms with E-state index < -0.39 is 65.8 Å². The van der Waals surface area contributed by atoms with Crippen LogP contribution in [0.3, 0.4) is 0 Å². The molecule has 0 aliphatic carbocycles. The molecule has 260 valence electrons. The van der Waals surface area contributed by atoms with Gasteiger partial charge in [0, 0.05) is 12.5 Å². The van der Waals surface area contributed by atoms with Crippen LogP contribution in [-0.4, -0.2) is 79.5 Å². The van der Waals surface area contributed by atoms with Gasteiger partial charge < -0.3 is 43.2 Å². The van der Waals surface area contributed by atoms with Gasteiger partial charge in [-0.1, -0.05) is 66.7 Å². The topological polar surface area (TPSA) is 221 Å². The molecule has 1 aliphatic heterocycles. The van der Waals surface area contributed by atoms with Crippen molar-refractivity contribution in [2.75, 3.05) is 19.6 Å². The highest BCUT2D eigenvalue weighted by Crippen LogP contribution is 2.15. The van der Waals surface area contributed by atoms with Gasteiger partial charge in [-0.3, -0.25) is 19.2 Å². The van der Waals surface area contributed by atoms with Crippen molar-refractivity contribution in [1.29, 1.82) is 0 Å². The molecule has 2 aromatic carbocycles. The fourth-order valence-electron chi connectivity index (χ4n) is 5.40. The summed E-state index contributed by atoms with van der Waals surface area (Å²) in [6.45, 7) is 5.21. The minimum atomic E-state index is -1.27. The van der Waals surface area contributed by atoms with Gasteiger partial charge in [0.2, 0.25) is 17.7 Å². The SMILES string of the molecule is C=CC[C@@H](NC(=O)[C@@H](Cc1ccccc1)NC(=O)[C@H](N)Cc1ccccc1)C(=O)N[C@H](CC(N)CCN)C(=O)OC(=O)C1CCNCC1. The molecule has 0 spiro atoms. The fourth-order valence-corrected chi connectivity index (χ4v) is 5.40. The van der Waals surface area contributed by atoms with E-state index in [4.69, 9.17) is 21.9 Å². The highest BCUT2D eigenvalue weighted by atomic mass is 16.6. The second kappa shape index (κ2) is 20.1. The van der Waals surface area contributed by atoms with Crippen LogP contribution in [0.4, 0.5) is 0 Å². The average Bonchev–Trinajstić information content (AvgIpc) is 3.08. The van der Waals surface area contributed by atoms with Crippen molar-refractivity contribution in [1.82, 2.24) is 21.3 Å². The monoisotopic (exact) mass is 663 g/mol. The third-order valence-electron chi connectivity index (χ3n) is 8.14. The molecule has 13 nitrogen and oxygen atoms in total. The summed E-state index contributed by atoms with van der Waals surface area (Å²) in [5.41, 5.74) is 19.6. The van der Waals surface area contributed by atoms with Crippen LogP contribution in [-0.2, 0) is 41.6 Å². The molecule has 1 fully saturated rings. The van der Waals surface area contributed by atoms with Crippen molar-refractivity contribution in [3.63, 3.8) is 0 Å². The average molecular weight is 664 g/mol. The van der Waals surface area contributed by atoms with Gasteiger partial charge >= 0.3 is 11.9 Å². The molecule has 0 aromatic heterocycles. The van der Waals surface area contributed by atoms with Crippen molar-refractivity contribution >= 4 is 29.7 Å². The normalized spacial score (nSPS) is 16.3. The van der Waals surface area contributed by atoms with Crippen LogP contribution in [0.1, 0.15) is 43.2 Å². The van der Waals surface area contributed by atoms with Gasteiger partial charge in [0.15, 0.2) is 0 Å². The molecule has 3 rings (SSSR count). The van der Waals surface area contributed by atoms with Gasteiger partial charge in [-0.25, -0.2) is 4.79 Å². The molecule has 1 unspecified atom stereocenters. The molecule has 3 amide bonds. The first-order valence-electron chi connectivity index (χ1n) is 16.4. The summed E-state index contributed by atoms with van der Waals surface area (Å²) in [4.78, 5) is 66.3. The smallest absolute Gasteiger partial charge is 0.336 e. The van der Waals surface area contributed by atoms with Crippen molar-refractivity contribution in [2.45, 2.75) is 75.2 Å². The Hall–Kier alpha value is -4.43.